The molecule has 0 unspecified atom stereocenters. The van der Waals surface area contributed by atoms with Crippen molar-refractivity contribution in [1.82, 2.24) is 0 Å². The number of hydrogen-bond donors (Lipinski definition) is 0. The Kier molecular flexibility index (Phi) is 3.60. The summed E-state index contributed by atoms with van der Waals surface area (Å²) in [5.41, 5.74) is 0.596. The summed E-state index contributed by atoms with van der Waals surface area (Å²) in [6, 6.07) is 4.89. The van der Waals surface area contributed by atoms with Crippen LogP contribution < -0.4 is 0 Å². The zero-order chi connectivity index (χ0) is 9.84. The van der Waals surface area contributed by atoms with Gasteiger partial charge in [0, 0.05) is 10.9 Å². The van der Waals surface area contributed by atoms with Gasteiger partial charge in [-0.2, -0.15) is 0 Å². The number of carbonyl (C=O) groups is 1. The Hall–Kier alpha value is -0.700. The van der Waals surface area contributed by atoms with E-state index in [9.17, 15) is 9.18 Å². The second-order valence-electron chi connectivity index (χ2n) is 2.94. The Labute approximate surface area is 85.1 Å². The number of ketones is 1. The highest BCUT2D eigenvalue weighted by Gasteiger charge is 2.03. The van der Waals surface area contributed by atoms with E-state index in [-0.39, 0.29) is 11.6 Å². The van der Waals surface area contributed by atoms with Gasteiger partial charge in [-0.3, -0.25) is 0 Å². The fraction of sp³-hybridized carbons (Fsp3) is 0.300. The fourth-order valence-corrected chi connectivity index (χ4v) is 1.37. The van der Waals surface area contributed by atoms with Gasteiger partial charge in [0.15, 0.2) is 0 Å². The lowest BCUT2D eigenvalue weighted by Gasteiger charge is -2.01. The SMILES string of the molecule is CC(=O)CCc1ccc(Br)cc1F. The normalized spacial score (nSPS) is 10.1. The quantitative estimate of drug-likeness (QED) is 0.799. The fourth-order valence-electron chi connectivity index (χ4n) is 1.04. The molecule has 0 aliphatic heterocycles. The molecule has 0 spiro atoms. The van der Waals surface area contributed by atoms with Crippen LogP contribution in [-0.4, -0.2) is 5.78 Å². The summed E-state index contributed by atoms with van der Waals surface area (Å²) < 4.78 is 13.9. The van der Waals surface area contributed by atoms with Gasteiger partial charge in [-0.05, 0) is 31.0 Å². The minimum atomic E-state index is -0.254. The molecule has 0 N–H and O–H groups in total. The lowest BCUT2D eigenvalue weighted by Crippen LogP contribution is -1.96. The first-order valence-corrected chi connectivity index (χ1v) is 4.82. The maximum absolute atomic E-state index is 13.2. The summed E-state index contributed by atoms with van der Waals surface area (Å²) in [5, 5.41) is 0. The van der Waals surface area contributed by atoms with E-state index in [0.717, 1.165) is 4.47 Å². The second kappa shape index (κ2) is 4.51. The highest BCUT2D eigenvalue weighted by molar-refractivity contribution is 9.10. The van der Waals surface area contributed by atoms with Crippen molar-refractivity contribution in [3.8, 4) is 0 Å². The molecule has 0 bridgehead atoms. The molecule has 0 saturated carbocycles. The smallest absolute Gasteiger partial charge is 0.130 e. The summed E-state index contributed by atoms with van der Waals surface area (Å²) in [6.07, 6.45) is 0.882. The Morgan fingerprint density at radius 2 is 2.23 bits per heavy atom. The van der Waals surface area contributed by atoms with Crippen molar-refractivity contribution in [2.45, 2.75) is 19.8 Å². The van der Waals surface area contributed by atoms with Crippen LogP contribution in [0.4, 0.5) is 4.39 Å². The third-order valence-electron chi connectivity index (χ3n) is 1.76. The minimum absolute atomic E-state index is 0.0855. The molecule has 0 aliphatic carbocycles. The standard InChI is InChI=1S/C10H10BrFO/c1-7(13)2-3-8-4-5-9(11)6-10(8)12/h4-6H,2-3H2,1H3. The van der Waals surface area contributed by atoms with Crippen LogP contribution in [0.2, 0.25) is 0 Å². The average molecular weight is 245 g/mol. The van der Waals surface area contributed by atoms with Crippen molar-refractivity contribution in [2.24, 2.45) is 0 Å². The van der Waals surface area contributed by atoms with Crippen molar-refractivity contribution >= 4 is 21.7 Å². The van der Waals surface area contributed by atoms with Gasteiger partial charge in [-0.1, -0.05) is 22.0 Å². The first-order chi connectivity index (χ1) is 6.09. The number of aryl methyl sites for hydroxylation is 1. The third-order valence-corrected chi connectivity index (χ3v) is 2.25. The topological polar surface area (TPSA) is 17.1 Å². The molecular formula is C10H10BrFO. The molecule has 0 radical (unpaired) electrons. The molecule has 13 heavy (non-hydrogen) atoms. The van der Waals surface area contributed by atoms with Crippen molar-refractivity contribution in [2.75, 3.05) is 0 Å². The van der Waals surface area contributed by atoms with Gasteiger partial charge in [-0.15, -0.1) is 0 Å². The van der Waals surface area contributed by atoms with Crippen molar-refractivity contribution in [1.29, 1.82) is 0 Å². The Bertz CT molecular complexity index is 323. The molecule has 1 aromatic carbocycles. The molecule has 0 atom stereocenters. The van der Waals surface area contributed by atoms with Gasteiger partial charge >= 0.3 is 0 Å². The molecule has 0 heterocycles. The zero-order valence-corrected chi connectivity index (χ0v) is 8.90. The first kappa shape index (κ1) is 10.4. The van der Waals surface area contributed by atoms with E-state index >= 15 is 0 Å². The maximum Gasteiger partial charge on any atom is 0.130 e. The van der Waals surface area contributed by atoms with E-state index in [1.165, 1.54) is 13.0 Å². The van der Waals surface area contributed by atoms with Crippen molar-refractivity contribution in [3.05, 3.63) is 34.1 Å². The summed E-state index contributed by atoms with van der Waals surface area (Å²) in [6.45, 7) is 1.51. The molecule has 0 fully saturated rings. The van der Waals surface area contributed by atoms with E-state index < -0.39 is 0 Å². The number of carbonyl (C=O) groups excluding carboxylic acids is 1. The molecule has 0 aromatic heterocycles. The predicted octanol–water partition coefficient (Wildman–Crippen LogP) is 3.11. The maximum atomic E-state index is 13.2. The lowest BCUT2D eigenvalue weighted by atomic mass is 10.1. The van der Waals surface area contributed by atoms with Crippen LogP contribution in [0, 0.1) is 5.82 Å². The van der Waals surface area contributed by atoms with Gasteiger partial charge in [-0.25, -0.2) is 4.39 Å². The van der Waals surface area contributed by atoms with Gasteiger partial charge in [0.2, 0.25) is 0 Å². The highest BCUT2D eigenvalue weighted by Crippen LogP contribution is 2.16. The molecule has 1 rings (SSSR count). The largest absolute Gasteiger partial charge is 0.300 e. The highest BCUT2D eigenvalue weighted by atomic mass is 79.9. The van der Waals surface area contributed by atoms with Crippen LogP contribution in [0.5, 0.6) is 0 Å². The molecule has 1 nitrogen and oxygen atoms in total. The van der Waals surface area contributed by atoms with Gasteiger partial charge in [0.25, 0.3) is 0 Å². The van der Waals surface area contributed by atoms with Crippen LogP contribution >= 0.6 is 15.9 Å². The summed E-state index contributed by atoms with van der Waals surface area (Å²) in [4.78, 5) is 10.7. The van der Waals surface area contributed by atoms with E-state index in [1.807, 2.05) is 0 Å². The van der Waals surface area contributed by atoms with E-state index in [2.05, 4.69) is 15.9 Å². The van der Waals surface area contributed by atoms with Crippen molar-refractivity contribution < 1.29 is 9.18 Å². The summed E-state index contributed by atoms with van der Waals surface area (Å²) >= 11 is 3.17. The van der Waals surface area contributed by atoms with Crippen molar-refractivity contribution in [3.63, 3.8) is 0 Å². The Morgan fingerprint density at radius 1 is 1.54 bits per heavy atom. The molecule has 0 aliphatic rings. The van der Waals surface area contributed by atoms with Crippen LogP contribution in [0.1, 0.15) is 18.9 Å². The third kappa shape index (κ3) is 3.27. The van der Waals surface area contributed by atoms with Crippen LogP contribution in [-0.2, 0) is 11.2 Å². The molecule has 70 valence electrons. The van der Waals surface area contributed by atoms with Crippen LogP contribution in [0.15, 0.2) is 22.7 Å². The number of hydrogen-bond acceptors (Lipinski definition) is 1. The Balaban J connectivity index is 2.72. The van der Waals surface area contributed by atoms with E-state index in [4.69, 9.17) is 0 Å². The lowest BCUT2D eigenvalue weighted by molar-refractivity contribution is -0.116. The van der Waals surface area contributed by atoms with E-state index in [0.29, 0.717) is 18.4 Å². The number of halogens is 2. The van der Waals surface area contributed by atoms with Gasteiger partial charge < -0.3 is 4.79 Å². The van der Waals surface area contributed by atoms with Gasteiger partial charge in [0.1, 0.15) is 11.6 Å². The Morgan fingerprint density at radius 3 is 2.77 bits per heavy atom. The molecule has 3 heteroatoms. The molecule has 1 aromatic rings. The predicted molar refractivity (Wildman–Crippen MR) is 53.1 cm³/mol. The number of Topliss-reactive ketones (excluding diaryl/α,β-unsaturated/α-hetero) is 1. The molecule has 0 saturated heterocycles. The summed E-state index contributed by atoms with van der Waals surface area (Å²) in [7, 11) is 0. The zero-order valence-electron chi connectivity index (χ0n) is 7.31. The second-order valence-corrected chi connectivity index (χ2v) is 3.85. The molecular weight excluding hydrogens is 235 g/mol. The average Bonchev–Trinajstić information content (AvgIpc) is 2.02. The molecule has 0 amide bonds. The minimum Gasteiger partial charge on any atom is -0.300 e. The van der Waals surface area contributed by atoms with E-state index in [1.54, 1.807) is 12.1 Å². The van der Waals surface area contributed by atoms with Crippen LogP contribution in [0.25, 0.3) is 0 Å². The number of rotatable bonds is 3. The van der Waals surface area contributed by atoms with Crippen LogP contribution in [0.3, 0.4) is 0 Å². The monoisotopic (exact) mass is 244 g/mol. The number of benzene rings is 1. The first-order valence-electron chi connectivity index (χ1n) is 4.03. The summed E-state index contributed by atoms with van der Waals surface area (Å²) in [5.74, 6) is -0.169. The van der Waals surface area contributed by atoms with Gasteiger partial charge in [0.05, 0.1) is 0 Å².